The van der Waals surface area contributed by atoms with E-state index in [4.69, 9.17) is 4.74 Å². The first-order valence-corrected chi connectivity index (χ1v) is 10.3. The van der Waals surface area contributed by atoms with Crippen molar-refractivity contribution in [2.45, 2.75) is 13.8 Å². The van der Waals surface area contributed by atoms with Gasteiger partial charge < -0.3 is 14.5 Å². The fourth-order valence-electron chi connectivity index (χ4n) is 2.80. The second-order valence-electron chi connectivity index (χ2n) is 6.12. The molecule has 9 heteroatoms. The molecule has 0 N–H and O–H groups in total. The van der Waals surface area contributed by atoms with Gasteiger partial charge in [-0.25, -0.2) is 13.2 Å². The second kappa shape index (κ2) is 8.39. The van der Waals surface area contributed by atoms with Gasteiger partial charge in [-0.1, -0.05) is 18.2 Å². The minimum Gasteiger partial charge on any atom is -0.450 e. The number of carbonyl (C=O) groups is 2. The molecule has 0 radical (unpaired) electrons. The van der Waals surface area contributed by atoms with E-state index < -0.39 is 16.1 Å². The summed E-state index contributed by atoms with van der Waals surface area (Å²) in [6.07, 6.45) is 0.697. The van der Waals surface area contributed by atoms with Crippen molar-refractivity contribution >= 4 is 27.7 Å². The first-order chi connectivity index (χ1) is 12.2. The summed E-state index contributed by atoms with van der Waals surface area (Å²) in [5.74, 6) is -0.290. The molecule has 1 fully saturated rings. The third kappa shape index (κ3) is 4.87. The van der Waals surface area contributed by atoms with Gasteiger partial charge in [0.2, 0.25) is 15.9 Å². The van der Waals surface area contributed by atoms with Gasteiger partial charge in [-0.05, 0) is 25.5 Å². The molecule has 1 aliphatic heterocycles. The average Bonchev–Trinajstić information content (AvgIpc) is 2.59. The Labute approximate surface area is 154 Å². The van der Waals surface area contributed by atoms with E-state index in [2.05, 4.69) is 0 Å². The molecule has 1 aromatic rings. The number of sulfonamides is 1. The summed E-state index contributed by atoms with van der Waals surface area (Å²) in [5, 5.41) is 0. The van der Waals surface area contributed by atoms with Crippen LogP contribution in [-0.4, -0.2) is 75.8 Å². The number of aryl methyl sites for hydroxylation is 1. The molecule has 0 unspecified atom stereocenters. The SMILES string of the molecule is CCOC(=O)N1CCN(C(=O)CN(c2ccccc2C)S(C)(=O)=O)CC1. The standard InChI is InChI=1S/C17H25N3O5S/c1-4-25-17(22)19-11-9-18(10-12-19)16(21)13-20(26(3,23)24)15-8-6-5-7-14(15)2/h5-8H,4,9-13H2,1-3H3. The zero-order valence-corrected chi connectivity index (χ0v) is 16.2. The van der Waals surface area contributed by atoms with Crippen molar-refractivity contribution in [3.05, 3.63) is 29.8 Å². The predicted molar refractivity (Wildman–Crippen MR) is 98.5 cm³/mol. The highest BCUT2D eigenvalue weighted by Gasteiger charge is 2.28. The smallest absolute Gasteiger partial charge is 0.409 e. The first kappa shape index (κ1) is 20.0. The van der Waals surface area contributed by atoms with Crippen LogP contribution in [0.1, 0.15) is 12.5 Å². The number of para-hydroxylation sites is 1. The van der Waals surface area contributed by atoms with Crippen molar-refractivity contribution in [1.82, 2.24) is 9.80 Å². The molecule has 0 atom stereocenters. The van der Waals surface area contributed by atoms with Crippen LogP contribution < -0.4 is 4.31 Å². The molecule has 2 rings (SSSR count). The van der Waals surface area contributed by atoms with Gasteiger partial charge in [0.05, 0.1) is 18.6 Å². The lowest BCUT2D eigenvalue weighted by Gasteiger charge is -2.35. The van der Waals surface area contributed by atoms with Gasteiger partial charge in [0.15, 0.2) is 0 Å². The zero-order chi connectivity index (χ0) is 19.3. The van der Waals surface area contributed by atoms with Crippen molar-refractivity contribution in [2.75, 3.05) is 49.9 Å². The van der Waals surface area contributed by atoms with Crippen LogP contribution in [0.25, 0.3) is 0 Å². The molecule has 26 heavy (non-hydrogen) atoms. The van der Waals surface area contributed by atoms with Crippen molar-refractivity contribution < 1.29 is 22.7 Å². The summed E-state index contributed by atoms with van der Waals surface area (Å²) in [6, 6.07) is 7.04. The topological polar surface area (TPSA) is 87.2 Å². The molecule has 0 aliphatic carbocycles. The van der Waals surface area contributed by atoms with Gasteiger partial charge in [0.1, 0.15) is 6.54 Å². The lowest BCUT2D eigenvalue weighted by molar-refractivity contribution is -0.131. The van der Waals surface area contributed by atoms with Gasteiger partial charge in [0.25, 0.3) is 0 Å². The first-order valence-electron chi connectivity index (χ1n) is 8.47. The Balaban J connectivity index is 2.05. The van der Waals surface area contributed by atoms with E-state index in [9.17, 15) is 18.0 Å². The highest BCUT2D eigenvalue weighted by molar-refractivity contribution is 7.92. The summed E-state index contributed by atoms with van der Waals surface area (Å²) in [6.45, 7) is 5.02. The fourth-order valence-corrected chi connectivity index (χ4v) is 3.71. The minimum atomic E-state index is -3.60. The average molecular weight is 383 g/mol. The van der Waals surface area contributed by atoms with Crippen LogP contribution >= 0.6 is 0 Å². The van der Waals surface area contributed by atoms with E-state index in [1.807, 2.05) is 6.07 Å². The number of ether oxygens (including phenoxy) is 1. The van der Waals surface area contributed by atoms with Crippen molar-refractivity contribution in [3.63, 3.8) is 0 Å². The molecule has 8 nitrogen and oxygen atoms in total. The maximum atomic E-state index is 12.6. The zero-order valence-electron chi connectivity index (χ0n) is 15.3. The van der Waals surface area contributed by atoms with Crippen LogP contribution in [0.3, 0.4) is 0 Å². The molecule has 0 spiro atoms. The van der Waals surface area contributed by atoms with E-state index in [-0.39, 0.29) is 12.5 Å². The van der Waals surface area contributed by atoms with E-state index in [1.54, 1.807) is 41.8 Å². The Bertz CT molecular complexity index is 757. The van der Waals surface area contributed by atoms with Crippen LogP contribution in [-0.2, 0) is 19.6 Å². The van der Waals surface area contributed by atoms with E-state index >= 15 is 0 Å². The largest absolute Gasteiger partial charge is 0.450 e. The molecule has 1 heterocycles. The van der Waals surface area contributed by atoms with Gasteiger partial charge in [-0.15, -0.1) is 0 Å². The molecule has 1 aliphatic rings. The molecule has 0 saturated carbocycles. The van der Waals surface area contributed by atoms with Crippen LogP contribution in [0.2, 0.25) is 0 Å². The lowest BCUT2D eigenvalue weighted by atomic mass is 10.2. The van der Waals surface area contributed by atoms with Gasteiger partial charge in [-0.3, -0.25) is 9.10 Å². The predicted octanol–water partition coefficient (Wildman–Crippen LogP) is 1.06. The number of hydrogen-bond acceptors (Lipinski definition) is 5. The van der Waals surface area contributed by atoms with Crippen LogP contribution in [0.4, 0.5) is 10.5 Å². The Morgan fingerprint density at radius 3 is 2.23 bits per heavy atom. The molecule has 0 bridgehead atoms. The molecule has 1 aromatic carbocycles. The number of anilines is 1. The molecule has 0 aromatic heterocycles. The van der Waals surface area contributed by atoms with Gasteiger partial charge >= 0.3 is 6.09 Å². The number of rotatable bonds is 5. The third-order valence-electron chi connectivity index (χ3n) is 4.22. The van der Waals surface area contributed by atoms with Crippen LogP contribution in [0.15, 0.2) is 24.3 Å². The van der Waals surface area contributed by atoms with Crippen molar-refractivity contribution in [3.8, 4) is 0 Å². The quantitative estimate of drug-likeness (QED) is 0.759. The molecule has 1 saturated heterocycles. The monoisotopic (exact) mass is 383 g/mol. The van der Waals surface area contributed by atoms with E-state index in [1.165, 1.54) is 0 Å². The third-order valence-corrected chi connectivity index (χ3v) is 5.35. The second-order valence-corrected chi connectivity index (χ2v) is 8.03. The van der Waals surface area contributed by atoms with Gasteiger partial charge in [0, 0.05) is 26.2 Å². The summed E-state index contributed by atoms with van der Waals surface area (Å²) < 4.78 is 30.5. The Morgan fingerprint density at radius 1 is 1.12 bits per heavy atom. The fraction of sp³-hybridized carbons (Fsp3) is 0.529. The maximum absolute atomic E-state index is 12.6. The Morgan fingerprint density at radius 2 is 1.69 bits per heavy atom. The highest BCUT2D eigenvalue weighted by Crippen LogP contribution is 2.22. The van der Waals surface area contributed by atoms with Gasteiger partial charge in [-0.2, -0.15) is 0 Å². The number of carbonyl (C=O) groups excluding carboxylic acids is 2. The minimum absolute atomic E-state index is 0.261. The normalized spacial score (nSPS) is 14.9. The maximum Gasteiger partial charge on any atom is 0.409 e. The molecule has 144 valence electrons. The number of piperazine rings is 1. The summed E-state index contributed by atoms with van der Waals surface area (Å²) in [4.78, 5) is 27.5. The lowest BCUT2D eigenvalue weighted by Crippen LogP contribution is -2.53. The van der Waals surface area contributed by atoms with Crippen LogP contribution in [0.5, 0.6) is 0 Å². The summed E-state index contributed by atoms with van der Waals surface area (Å²) in [5.41, 5.74) is 1.27. The van der Waals surface area contributed by atoms with E-state index in [0.717, 1.165) is 16.1 Å². The number of nitrogens with zero attached hydrogens (tertiary/aromatic N) is 3. The van der Waals surface area contributed by atoms with Crippen molar-refractivity contribution in [2.24, 2.45) is 0 Å². The number of benzene rings is 1. The molecular weight excluding hydrogens is 358 g/mol. The molecule has 2 amide bonds. The van der Waals surface area contributed by atoms with Crippen molar-refractivity contribution in [1.29, 1.82) is 0 Å². The molecular formula is C17H25N3O5S. The van der Waals surface area contributed by atoms with Crippen LogP contribution in [0, 0.1) is 6.92 Å². The number of hydrogen-bond donors (Lipinski definition) is 0. The summed E-state index contributed by atoms with van der Waals surface area (Å²) >= 11 is 0. The van der Waals surface area contributed by atoms with E-state index in [0.29, 0.717) is 38.5 Å². The highest BCUT2D eigenvalue weighted by atomic mass is 32.2. The number of amides is 2. The Kier molecular flexibility index (Phi) is 6.47. The Hall–Kier alpha value is -2.29. The summed E-state index contributed by atoms with van der Waals surface area (Å²) in [7, 11) is -3.60.